The average Bonchev–Trinajstić information content (AvgIpc) is 2.21. The van der Waals surface area contributed by atoms with Crippen LogP contribution in [0, 0.1) is 21.7 Å². The van der Waals surface area contributed by atoms with Gasteiger partial charge in [0.2, 0.25) is 5.82 Å². The highest BCUT2D eigenvalue weighted by Gasteiger charge is 2.17. The molecule has 0 spiro atoms. The lowest BCUT2D eigenvalue weighted by Gasteiger charge is -2.04. The van der Waals surface area contributed by atoms with Crippen LogP contribution in [0.15, 0.2) is 12.1 Å². The van der Waals surface area contributed by atoms with Crippen LogP contribution in [-0.2, 0) is 6.54 Å². The van der Waals surface area contributed by atoms with E-state index >= 15 is 0 Å². The SMILES string of the molecule is O=[N+]([O-])c1cc(CNCCO)c(F)cc1F. The molecule has 1 aromatic carbocycles. The summed E-state index contributed by atoms with van der Waals surface area (Å²) in [5, 5.41) is 21.5. The number of aliphatic hydroxyl groups excluding tert-OH is 1. The van der Waals surface area contributed by atoms with Gasteiger partial charge in [-0.2, -0.15) is 4.39 Å². The van der Waals surface area contributed by atoms with Crippen molar-refractivity contribution in [3.63, 3.8) is 0 Å². The van der Waals surface area contributed by atoms with Crippen molar-refractivity contribution in [2.75, 3.05) is 13.2 Å². The molecule has 0 amide bonds. The van der Waals surface area contributed by atoms with E-state index < -0.39 is 22.2 Å². The van der Waals surface area contributed by atoms with Crippen LogP contribution in [0.4, 0.5) is 14.5 Å². The molecule has 0 aliphatic carbocycles. The fourth-order valence-electron chi connectivity index (χ4n) is 1.16. The molecule has 0 saturated heterocycles. The molecule has 0 saturated carbocycles. The Hall–Kier alpha value is -1.60. The highest BCUT2D eigenvalue weighted by molar-refractivity contribution is 5.37. The zero-order valence-corrected chi connectivity index (χ0v) is 8.24. The lowest BCUT2D eigenvalue weighted by molar-refractivity contribution is -0.387. The smallest absolute Gasteiger partial charge is 0.305 e. The molecule has 1 aromatic rings. The maximum Gasteiger partial charge on any atom is 0.305 e. The van der Waals surface area contributed by atoms with Gasteiger partial charge in [0.1, 0.15) is 5.82 Å². The van der Waals surface area contributed by atoms with Crippen molar-refractivity contribution in [2.45, 2.75) is 6.54 Å². The summed E-state index contributed by atoms with van der Waals surface area (Å²) in [6.07, 6.45) is 0. The number of benzene rings is 1. The predicted molar refractivity (Wildman–Crippen MR) is 51.8 cm³/mol. The van der Waals surface area contributed by atoms with Gasteiger partial charge < -0.3 is 10.4 Å². The molecule has 2 N–H and O–H groups in total. The van der Waals surface area contributed by atoms with E-state index in [9.17, 15) is 18.9 Å². The van der Waals surface area contributed by atoms with E-state index in [1.807, 2.05) is 0 Å². The van der Waals surface area contributed by atoms with Crippen LogP contribution in [0.5, 0.6) is 0 Å². The van der Waals surface area contributed by atoms with Gasteiger partial charge in [-0.15, -0.1) is 0 Å². The Bertz CT molecular complexity index is 399. The highest BCUT2D eigenvalue weighted by atomic mass is 19.1. The number of aliphatic hydroxyl groups is 1. The lowest BCUT2D eigenvalue weighted by Crippen LogP contribution is -2.18. The van der Waals surface area contributed by atoms with Gasteiger partial charge in [-0.25, -0.2) is 4.39 Å². The molecule has 0 aliphatic heterocycles. The third-order valence-electron chi connectivity index (χ3n) is 1.92. The molecule has 88 valence electrons. The van der Waals surface area contributed by atoms with Crippen LogP contribution in [0.2, 0.25) is 0 Å². The number of hydrogen-bond acceptors (Lipinski definition) is 4. The van der Waals surface area contributed by atoms with Gasteiger partial charge >= 0.3 is 5.69 Å². The lowest BCUT2D eigenvalue weighted by atomic mass is 10.2. The van der Waals surface area contributed by atoms with Crippen molar-refractivity contribution in [1.82, 2.24) is 5.32 Å². The fraction of sp³-hybridized carbons (Fsp3) is 0.333. The first-order chi connectivity index (χ1) is 7.56. The summed E-state index contributed by atoms with van der Waals surface area (Å²) >= 11 is 0. The maximum atomic E-state index is 13.2. The van der Waals surface area contributed by atoms with E-state index in [0.29, 0.717) is 6.07 Å². The van der Waals surface area contributed by atoms with Gasteiger partial charge in [0.05, 0.1) is 11.5 Å². The molecule has 0 heterocycles. The van der Waals surface area contributed by atoms with E-state index in [4.69, 9.17) is 5.11 Å². The number of halogens is 2. The summed E-state index contributed by atoms with van der Waals surface area (Å²) in [5.74, 6) is -2.05. The molecule has 0 atom stereocenters. The van der Waals surface area contributed by atoms with Gasteiger partial charge in [-0.1, -0.05) is 0 Å². The molecule has 5 nitrogen and oxygen atoms in total. The first kappa shape index (κ1) is 12.5. The van der Waals surface area contributed by atoms with Crippen LogP contribution in [0.3, 0.4) is 0 Å². The highest BCUT2D eigenvalue weighted by Crippen LogP contribution is 2.21. The zero-order valence-electron chi connectivity index (χ0n) is 8.24. The number of nitro benzene ring substituents is 1. The predicted octanol–water partition coefficient (Wildman–Crippen LogP) is 0.955. The molecule has 0 radical (unpaired) electrons. The van der Waals surface area contributed by atoms with E-state index in [1.165, 1.54) is 0 Å². The molecule has 1 rings (SSSR count). The van der Waals surface area contributed by atoms with Crippen molar-refractivity contribution in [1.29, 1.82) is 0 Å². The zero-order chi connectivity index (χ0) is 12.1. The van der Waals surface area contributed by atoms with Crippen molar-refractivity contribution in [3.05, 3.63) is 39.4 Å². The summed E-state index contributed by atoms with van der Waals surface area (Å²) in [5.41, 5.74) is -0.774. The first-order valence-corrected chi connectivity index (χ1v) is 4.50. The topological polar surface area (TPSA) is 75.4 Å². The third kappa shape index (κ3) is 2.94. The largest absolute Gasteiger partial charge is 0.395 e. The van der Waals surface area contributed by atoms with Crippen molar-refractivity contribution >= 4 is 5.69 Å². The van der Waals surface area contributed by atoms with E-state index in [-0.39, 0.29) is 25.3 Å². The second-order valence-electron chi connectivity index (χ2n) is 3.05. The van der Waals surface area contributed by atoms with Crippen molar-refractivity contribution < 1.29 is 18.8 Å². The molecule has 16 heavy (non-hydrogen) atoms. The van der Waals surface area contributed by atoms with Crippen molar-refractivity contribution in [2.24, 2.45) is 0 Å². The van der Waals surface area contributed by atoms with Gasteiger partial charge in [0.15, 0.2) is 0 Å². The number of nitro groups is 1. The molecule has 0 fully saturated rings. The summed E-state index contributed by atoms with van der Waals surface area (Å²) in [4.78, 5) is 9.49. The minimum absolute atomic E-state index is 0.00644. The second kappa shape index (κ2) is 5.47. The van der Waals surface area contributed by atoms with Gasteiger partial charge in [0.25, 0.3) is 0 Å². The number of nitrogens with one attached hydrogen (secondary N) is 1. The van der Waals surface area contributed by atoms with Crippen LogP contribution in [0.25, 0.3) is 0 Å². The maximum absolute atomic E-state index is 13.2. The van der Waals surface area contributed by atoms with Crippen LogP contribution in [-0.4, -0.2) is 23.2 Å². The standard InChI is InChI=1S/C9H10F2N2O3/c10-7-4-8(11)9(13(15)16)3-6(7)5-12-1-2-14/h3-4,12,14H,1-2,5H2. The Labute approximate surface area is 89.9 Å². The Kier molecular flexibility index (Phi) is 4.27. The van der Waals surface area contributed by atoms with E-state index in [0.717, 1.165) is 6.07 Å². The van der Waals surface area contributed by atoms with Crippen LogP contribution >= 0.6 is 0 Å². The average molecular weight is 232 g/mol. The van der Waals surface area contributed by atoms with Crippen molar-refractivity contribution in [3.8, 4) is 0 Å². The number of hydrogen-bond donors (Lipinski definition) is 2. The number of nitrogens with zero attached hydrogens (tertiary/aromatic N) is 1. The summed E-state index contributed by atoms with van der Waals surface area (Å²) in [6.45, 7) is 0.0863. The minimum Gasteiger partial charge on any atom is -0.395 e. The molecular weight excluding hydrogens is 222 g/mol. The van der Waals surface area contributed by atoms with Crippen LogP contribution < -0.4 is 5.32 Å². The normalized spacial score (nSPS) is 10.4. The van der Waals surface area contributed by atoms with E-state index in [1.54, 1.807) is 0 Å². The summed E-state index contributed by atoms with van der Waals surface area (Å²) < 4.78 is 26.1. The monoisotopic (exact) mass is 232 g/mol. The van der Waals surface area contributed by atoms with Gasteiger partial charge in [-0.3, -0.25) is 10.1 Å². The minimum atomic E-state index is -1.20. The third-order valence-corrected chi connectivity index (χ3v) is 1.92. The molecule has 0 unspecified atom stereocenters. The first-order valence-electron chi connectivity index (χ1n) is 4.50. The van der Waals surface area contributed by atoms with E-state index in [2.05, 4.69) is 5.32 Å². The summed E-state index contributed by atoms with van der Waals surface area (Å²) in [6, 6.07) is 1.32. The molecule has 0 bridgehead atoms. The molecule has 7 heteroatoms. The van der Waals surface area contributed by atoms with Crippen LogP contribution in [0.1, 0.15) is 5.56 Å². The Morgan fingerprint density at radius 1 is 1.38 bits per heavy atom. The molecule has 0 aliphatic rings. The van der Waals surface area contributed by atoms with Gasteiger partial charge in [0, 0.05) is 30.8 Å². The Morgan fingerprint density at radius 3 is 2.62 bits per heavy atom. The van der Waals surface area contributed by atoms with Gasteiger partial charge in [-0.05, 0) is 0 Å². The molecule has 0 aromatic heterocycles. The Morgan fingerprint density at radius 2 is 2.06 bits per heavy atom. The molecular formula is C9H10F2N2O3. The Balaban J connectivity index is 2.91. The quantitative estimate of drug-likeness (QED) is 0.450. The fourth-order valence-corrected chi connectivity index (χ4v) is 1.16. The number of rotatable bonds is 5. The summed E-state index contributed by atoms with van der Waals surface area (Å²) in [7, 11) is 0. The second-order valence-corrected chi connectivity index (χ2v) is 3.05.